The van der Waals surface area contributed by atoms with Crippen molar-refractivity contribution in [1.82, 2.24) is 24.5 Å². The van der Waals surface area contributed by atoms with Crippen molar-refractivity contribution in [2.24, 2.45) is 5.14 Å². The molecule has 0 saturated heterocycles. The van der Waals surface area contributed by atoms with Crippen LogP contribution in [0.4, 0.5) is 0 Å². The van der Waals surface area contributed by atoms with Crippen LogP contribution < -0.4 is 5.14 Å². The number of hydrogen-bond donors (Lipinski definition) is 1. The van der Waals surface area contributed by atoms with E-state index in [1.54, 1.807) is 43.1 Å². The molecule has 0 aliphatic rings. The summed E-state index contributed by atoms with van der Waals surface area (Å²) in [5.41, 5.74) is 2.14. The summed E-state index contributed by atoms with van der Waals surface area (Å²) in [6.07, 6.45) is 8.46. The Labute approximate surface area is 155 Å². The molecule has 3 heterocycles. The number of primary sulfonamides is 1. The molecule has 0 spiro atoms. The van der Waals surface area contributed by atoms with Gasteiger partial charge in [-0.2, -0.15) is 0 Å². The van der Waals surface area contributed by atoms with E-state index in [2.05, 4.69) is 19.9 Å². The number of nitrogens with two attached hydrogens (primary N) is 1. The van der Waals surface area contributed by atoms with E-state index in [0.717, 1.165) is 11.3 Å². The Morgan fingerprint density at radius 3 is 2.22 bits per heavy atom. The number of hydrogen-bond acceptors (Lipinski definition) is 6. The summed E-state index contributed by atoms with van der Waals surface area (Å²) in [4.78, 5) is 17.4. The fraction of sp³-hybridized carbons (Fsp3) is 0. The lowest BCUT2D eigenvalue weighted by molar-refractivity contribution is 0.598. The number of imidazole rings is 1. The summed E-state index contributed by atoms with van der Waals surface area (Å²) in [6, 6.07) is 11.8. The highest BCUT2D eigenvalue weighted by Crippen LogP contribution is 2.22. The van der Waals surface area contributed by atoms with E-state index in [-0.39, 0.29) is 4.90 Å². The van der Waals surface area contributed by atoms with Gasteiger partial charge in [-0.05, 0) is 36.4 Å². The quantitative estimate of drug-likeness (QED) is 0.581. The van der Waals surface area contributed by atoms with E-state index >= 15 is 0 Å². The fourth-order valence-corrected chi connectivity index (χ4v) is 3.11. The molecule has 134 valence electrons. The minimum atomic E-state index is -3.73. The number of rotatable bonds is 4. The molecule has 4 rings (SSSR count). The lowest BCUT2D eigenvalue weighted by atomic mass is 10.2. The molecular formula is C18H14N6O2S. The van der Waals surface area contributed by atoms with Crippen LogP contribution >= 0.6 is 0 Å². The first-order valence-electron chi connectivity index (χ1n) is 7.93. The van der Waals surface area contributed by atoms with Gasteiger partial charge in [-0.3, -0.25) is 9.55 Å². The van der Waals surface area contributed by atoms with Gasteiger partial charge in [0.15, 0.2) is 5.82 Å². The predicted molar refractivity (Wildman–Crippen MR) is 99.2 cm³/mol. The van der Waals surface area contributed by atoms with Gasteiger partial charge in [0.25, 0.3) is 0 Å². The first-order valence-corrected chi connectivity index (χ1v) is 9.47. The van der Waals surface area contributed by atoms with Gasteiger partial charge in [0.05, 0.1) is 10.5 Å². The molecule has 0 atom stereocenters. The van der Waals surface area contributed by atoms with Gasteiger partial charge in [-0.1, -0.05) is 6.07 Å². The zero-order valence-electron chi connectivity index (χ0n) is 14.0. The minimum Gasteiger partial charge on any atom is -0.300 e. The van der Waals surface area contributed by atoms with E-state index in [9.17, 15) is 8.42 Å². The molecule has 0 aliphatic heterocycles. The summed E-state index contributed by atoms with van der Waals surface area (Å²) >= 11 is 0. The Balaban J connectivity index is 1.68. The molecule has 1 aromatic carbocycles. The monoisotopic (exact) mass is 378 g/mol. The van der Waals surface area contributed by atoms with Crippen LogP contribution in [0.5, 0.6) is 0 Å². The smallest absolute Gasteiger partial charge is 0.238 e. The summed E-state index contributed by atoms with van der Waals surface area (Å²) in [5, 5.41) is 5.14. The van der Waals surface area contributed by atoms with Gasteiger partial charge in [0, 0.05) is 36.7 Å². The van der Waals surface area contributed by atoms with Gasteiger partial charge < -0.3 is 0 Å². The zero-order chi connectivity index (χ0) is 18.9. The molecule has 8 nitrogen and oxygen atoms in total. The molecule has 27 heavy (non-hydrogen) atoms. The lowest BCUT2D eigenvalue weighted by Gasteiger charge is -2.08. The Bertz CT molecular complexity index is 1170. The highest BCUT2D eigenvalue weighted by atomic mass is 32.2. The molecule has 0 bridgehead atoms. The second-order valence-electron chi connectivity index (χ2n) is 5.67. The molecule has 0 aliphatic carbocycles. The third kappa shape index (κ3) is 3.46. The predicted octanol–water partition coefficient (Wildman–Crippen LogP) is 2.04. The number of aromatic nitrogens is 5. The molecular weight excluding hydrogens is 364 g/mol. The topological polar surface area (TPSA) is 117 Å². The number of sulfonamides is 1. The van der Waals surface area contributed by atoms with Crippen molar-refractivity contribution in [2.75, 3.05) is 0 Å². The summed E-state index contributed by atoms with van der Waals surface area (Å²) in [7, 11) is -3.73. The number of nitrogens with zero attached hydrogens (tertiary/aromatic N) is 5. The van der Waals surface area contributed by atoms with E-state index in [1.807, 2.05) is 22.8 Å². The molecule has 4 aromatic rings. The first-order chi connectivity index (χ1) is 13.0. The maximum Gasteiger partial charge on any atom is 0.238 e. The van der Waals surface area contributed by atoms with Crippen LogP contribution in [-0.2, 0) is 10.0 Å². The van der Waals surface area contributed by atoms with Crippen LogP contribution in [0, 0.1) is 0 Å². The van der Waals surface area contributed by atoms with Gasteiger partial charge in [0.2, 0.25) is 10.0 Å². The molecule has 0 saturated carbocycles. The van der Waals surface area contributed by atoms with Crippen LogP contribution in [0.2, 0.25) is 0 Å². The van der Waals surface area contributed by atoms with E-state index in [4.69, 9.17) is 5.14 Å². The molecule has 3 aromatic heterocycles. The average Bonchev–Trinajstić information content (AvgIpc) is 3.18. The van der Waals surface area contributed by atoms with Crippen molar-refractivity contribution in [3.63, 3.8) is 0 Å². The maximum atomic E-state index is 11.4. The van der Waals surface area contributed by atoms with Crippen molar-refractivity contribution >= 4 is 10.0 Å². The van der Waals surface area contributed by atoms with E-state index < -0.39 is 10.0 Å². The fourth-order valence-electron chi connectivity index (χ4n) is 2.59. The number of pyridine rings is 1. The van der Waals surface area contributed by atoms with Gasteiger partial charge in [0.1, 0.15) is 11.5 Å². The number of benzene rings is 1. The van der Waals surface area contributed by atoms with Crippen molar-refractivity contribution in [3.05, 3.63) is 73.4 Å². The zero-order valence-corrected chi connectivity index (χ0v) is 14.8. The first kappa shape index (κ1) is 17.0. The highest BCUT2D eigenvalue weighted by Gasteiger charge is 2.12. The maximum absolute atomic E-state index is 11.4. The van der Waals surface area contributed by atoms with Crippen molar-refractivity contribution in [3.8, 4) is 28.6 Å². The molecule has 0 fully saturated rings. The summed E-state index contributed by atoms with van der Waals surface area (Å²) < 4.78 is 24.6. The van der Waals surface area contributed by atoms with Gasteiger partial charge in [-0.15, -0.1) is 0 Å². The standard InChI is InChI=1S/C18H14N6O2S/c19-27(25,26)15-6-4-14(5-7-15)24-10-9-21-18(24)13-11-22-17(23-12-13)16-3-1-2-8-20-16/h1-12H,(H2,19,25,26). The third-order valence-corrected chi connectivity index (χ3v) is 4.82. The van der Waals surface area contributed by atoms with Gasteiger partial charge in [-0.25, -0.2) is 28.5 Å². The minimum absolute atomic E-state index is 0.0518. The van der Waals surface area contributed by atoms with Crippen LogP contribution in [0.1, 0.15) is 0 Å². The largest absolute Gasteiger partial charge is 0.300 e. The Morgan fingerprint density at radius 2 is 1.59 bits per heavy atom. The molecule has 0 unspecified atom stereocenters. The SMILES string of the molecule is NS(=O)(=O)c1ccc(-n2ccnc2-c2cnc(-c3ccccn3)nc2)cc1. The van der Waals surface area contributed by atoms with Crippen LogP contribution in [0.3, 0.4) is 0 Å². The Hall–Kier alpha value is -3.43. The second kappa shape index (κ2) is 6.71. The molecule has 2 N–H and O–H groups in total. The average molecular weight is 378 g/mol. The van der Waals surface area contributed by atoms with Crippen LogP contribution in [-0.4, -0.2) is 32.9 Å². The molecule has 9 heteroatoms. The Morgan fingerprint density at radius 1 is 0.852 bits per heavy atom. The summed E-state index contributed by atoms with van der Waals surface area (Å²) in [5.74, 6) is 1.15. The van der Waals surface area contributed by atoms with Crippen molar-refractivity contribution < 1.29 is 8.42 Å². The van der Waals surface area contributed by atoms with Crippen LogP contribution in [0.25, 0.3) is 28.6 Å². The van der Waals surface area contributed by atoms with E-state index in [0.29, 0.717) is 17.3 Å². The normalized spacial score (nSPS) is 11.4. The third-order valence-electron chi connectivity index (χ3n) is 3.89. The lowest BCUT2D eigenvalue weighted by Crippen LogP contribution is -2.12. The van der Waals surface area contributed by atoms with E-state index in [1.165, 1.54) is 12.1 Å². The van der Waals surface area contributed by atoms with Crippen LogP contribution in [0.15, 0.2) is 78.3 Å². The summed E-state index contributed by atoms with van der Waals surface area (Å²) in [6.45, 7) is 0. The van der Waals surface area contributed by atoms with Gasteiger partial charge >= 0.3 is 0 Å². The highest BCUT2D eigenvalue weighted by molar-refractivity contribution is 7.89. The Kier molecular flexibility index (Phi) is 4.22. The second-order valence-corrected chi connectivity index (χ2v) is 7.23. The van der Waals surface area contributed by atoms with Crippen molar-refractivity contribution in [1.29, 1.82) is 0 Å². The molecule has 0 amide bonds. The van der Waals surface area contributed by atoms with Crippen molar-refractivity contribution in [2.45, 2.75) is 4.90 Å². The molecule has 0 radical (unpaired) electrons.